The van der Waals surface area contributed by atoms with Crippen LogP contribution in [-0.4, -0.2) is 44.9 Å². The molecule has 2 aromatic heterocycles. The van der Waals surface area contributed by atoms with Gasteiger partial charge in [-0.15, -0.1) is 0 Å². The molecular weight excluding hydrogens is 340 g/mol. The molecule has 0 radical (unpaired) electrons. The lowest BCUT2D eigenvalue weighted by Gasteiger charge is -2.14. The molecule has 26 heavy (non-hydrogen) atoms. The van der Waals surface area contributed by atoms with Crippen molar-refractivity contribution in [2.45, 2.75) is 39.2 Å². The zero-order valence-corrected chi connectivity index (χ0v) is 14.7. The van der Waals surface area contributed by atoms with Crippen LogP contribution in [-0.2, 0) is 16.0 Å². The van der Waals surface area contributed by atoms with Gasteiger partial charge in [-0.2, -0.15) is 0 Å². The number of hydrogen-bond acceptors (Lipinski definition) is 5. The quantitative estimate of drug-likeness (QED) is 0.602. The Kier molecular flexibility index (Phi) is 6.16. The second-order valence-electron chi connectivity index (χ2n) is 5.63. The SMILES string of the molecule is CCOc1cccn2c(C(=O)NC(CCC(N)=O)C(=O)O)c(CC)nc12. The fourth-order valence-electron chi connectivity index (χ4n) is 2.62. The van der Waals surface area contributed by atoms with Crippen molar-refractivity contribution in [3.63, 3.8) is 0 Å². The number of hydrogen-bond donors (Lipinski definition) is 3. The average Bonchev–Trinajstić information content (AvgIpc) is 2.98. The first kappa shape index (κ1) is 19.2. The molecule has 140 valence electrons. The number of amides is 2. The molecule has 0 saturated heterocycles. The largest absolute Gasteiger partial charge is 0.490 e. The topological polar surface area (TPSA) is 136 Å². The smallest absolute Gasteiger partial charge is 0.326 e. The highest BCUT2D eigenvalue weighted by molar-refractivity contribution is 5.97. The lowest BCUT2D eigenvalue weighted by atomic mass is 10.1. The van der Waals surface area contributed by atoms with Crippen molar-refractivity contribution in [2.24, 2.45) is 5.73 Å². The highest BCUT2D eigenvalue weighted by Gasteiger charge is 2.26. The van der Waals surface area contributed by atoms with Gasteiger partial charge in [0.2, 0.25) is 5.91 Å². The Morgan fingerprint density at radius 2 is 2.12 bits per heavy atom. The van der Waals surface area contributed by atoms with Gasteiger partial charge in [-0.05, 0) is 31.9 Å². The molecule has 9 heteroatoms. The number of carboxylic acids is 1. The number of carboxylic acid groups (broad SMARTS) is 1. The van der Waals surface area contributed by atoms with E-state index in [2.05, 4.69) is 10.3 Å². The van der Waals surface area contributed by atoms with E-state index in [-0.39, 0.29) is 18.5 Å². The molecular formula is C17H22N4O5. The summed E-state index contributed by atoms with van der Waals surface area (Å²) in [6, 6.07) is 2.25. The van der Waals surface area contributed by atoms with E-state index < -0.39 is 23.8 Å². The molecule has 1 unspecified atom stereocenters. The first-order chi connectivity index (χ1) is 12.4. The van der Waals surface area contributed by atoms with Gasteiger partial charge in [0.25, 0.3) is 5.91 Å². The number of primary amides is 1. The Morgan fingerprint density at radius 3 is 2.69 bits per heavy atom. The number of nitrogens with one attached hydrogen (secondary N) is 1. The Morgan fingerprint density at radius 1 is 1.38 bits per heavy atom. The predicted molar refractivity (Wildman–Crippen MR) is 93.1 cm³/mol. The molecule has 4 N–H and O–H groups in total. The number of nitrogens with two attached hydrogens (primary N) is 1. The Bertz CT molecular complexity index is 830. The van der Waals surface area contributed by atoms with Crippen molar-refractivity contribution in [3.8, 4) is 5.75 Å². The Hall–Kier alpha value is -3.10. The minimum Gasteiger partial charge on any atom is -0.490 e. The number of carbonyl (C=O) groups excluding carboxylic acids is 2. The lowest BCUT2D eigenvalue weighted by Crippen LogP contribution is -2.42. The zero-order chi connectivity index (χ0) is 19.3. The standard InChI is InChI=1S/C17H22N4O5/c1-3-10-14(16(23)20-11(17(24)25)7-8-13(18)22)21-9-5-6-12(26-4-2)15(21)19-10/h5-6,9,11H,3-4,7-8H2,1-2H3,(H2,18,22)(H,20,23)(H,24,25). The summed E-state index contributed by atoms with van der Waals surface area (Å²) in [4.78, 5) is 39.5. The fourth-order valence-corrected chi connectivity index (χ4v) is 2.62. The maximum Gasteiger partial charge on any atom is 0.326 e. The summed E-state index contributed by atoms with van der Waals surface area (Å²) in [7, 11) is 0. The molecule has 9 nitrogen and oxygen atoms in total. The van der Waals surface area contributed by atoms with Crippen LogP contribution in [0.15, 0.2) is 18.3 Å². The Labute approximate surface area is 150 Å². The molecule has 0 bridgehead atoms. The van der Waals surface area contributed by atoms with E-state index in [1.54, 1.807) is 22.7 Å². The molecule has 0 saturated carbocycles. The van der Waals surface area contributed by atoms with E-state index in [0.717, 1.165) is 0 Å². The van der Waals surface area contributed by atoms with Gasteiger partial charge in [-0.1, -0.05) is 6.92 Å². The number of pyridine rings is 1. The van der Waals surface area contributed by atoms with Gasteiger partial charge in [-0.3, -0.25) is 14.0 Å². The van der Waals surface area contributed by atoms with Crippen LogP contribution >= 0.6 is 0 Å². The van der Waals surface area contributed by atoms with Crippen LogP contribution < -0.4 is 15.8 Å². The van der Waals surface area contributed by atoms with Crippen molar-refractivity contribution >= 4 is 23.4 Å². The predicted octanol–water partition coefficient (Wildman–Crippen LogP) is 0.744. The number of rotatable bonds is 9. The van der Waals surface area contributed by atoms with Crippen LogP contribution in [0.1, 0.15) is 42.9 Å². The van der Waals surface area contributed by atoms with E-state index in [4.69, 9.17) is 10.5 Å². The number of carbonyl (C=O) groups is 3. The highest BCUT2D eigenvalue weighted by Crippen LogP contribution is 2.23. The van der Waals surface area contributed by atoms with Crippen LogP contribution in [0, 0.1) is 0 Å². The van der Waals surface area contributed by atoms with Gasteiger partial charge in [0.05, 0.1) is 12.3 Å². The molecule has 0 aliphatic heterocycles. The minimum absolute atomic E-state index is 0.0845. The van der Waals surface area contributed by atoms with Crippen molar-refractivity contribution in [1.29, 1.82) is 0 Å². The summed E-state index contributed by atoms with van der Waals surface area (Å²) < 4.78 is 7.11. The number of aromatic nitrogens is 2. The van der Waals surface area contributed by atoms with Crippen molar-refractivity contribution in [3.05, 3.63) is 29.7 Å². The number of imidazole rings is 1. The van der Waals surface area contributed by atoms with Gasteiger partial charge >= 0.3 is 5.97 Å². The maximum atomic E-state index is 12.7. The minimum atomic E-state index is -1.23. The normalized spacial score (nSPS) is 11.9. The number of nitrogens with zero attached hydrogens (tertiary/aromatic N) is 2. The van der Waals surface area contributed by atoms with E-state index in [1.807, 2.05) is 13.8 Å². The second kappa shape index (κ2) is 8.32. The van der Waals surface area contributed by atoms with Gasteiger partial charge < -0.3 is 20.9 Å². The fraction of sp³-hybridized carbons (Fsp3) is 0.412. The summed E-state index contributed by atoms with van der Waals surface area (Å²) in [6.07, 6.45) is 1.92. The van der Waals surface area contributed by atoms with Gasteiger partial charge in [0, 0.05) is 12.6 Å². The summed E-state index contributed by atoms with van der Waals surface area (Å²) in [5.41, 5.74) is 6.31. The van der Waals surface area contributed by atoms with Crippen molar-refractivity contribution in [2.75, 3.05) is 6.61 Å². The third kappa shape index (κ3) is 4.11. The number of aliphatic carboxylic acids is 1. The van der Waals surface area contributed by atoms with Crippen LogP contribution in [0.5, 0.6) is 5.75 Å². The molecule has 1 atom stereocenters. The number of fused-ring (bicyclic) bond motifs is 1. The molecule has 0 spiro atoms. The molecule has 0 fully saturated rings. The molecule has 0 aromatic carbocycles. The molecule has 2 aromatic rings. The molecule has 2 rings (SSSR count). The van der Waals surface area contributed by atoms with Crippen LogP contribution in [0.3, 0.4) is 0 Å². The molecule has 2 amide bonds. The summed E-state index contributed by atoms with van der Waals surface area (Å²) in [5.74, 6) is -1.91. The van der Waals surface area contributed by atoms with E-state index in [9.17, 15) is 19.5 Å². The first-order valence-corrected chi connectivity index (χ1v) is 8.33. The average molecular weight is 362 g/mol. The van der Waals surface area contributed by atoms with Crippen LogP contribution in [0.2, 0.25) is 0 Å². The highest BCUT2D eigenvalue weighted by atomic mass is 16.5. The first-order valence-electron chi connectivity index (χ1n) is 8.33. The van der Waals surface area contributed by atoms with Crippen LogP contribution in [0.4, 0.5) is 0 Å². The third-order valence-electron chi connectivity index (χ3n) is 3.82. The maximum absolute atomic E-state index is 12.7. The van der Waals surface area contributed by atoms with E-state index >= 15 is 0 Å². The summed E-state index contributed by atoms with van der Waals surface area (Å²) >= 11 is 0. The number of aryl methyl sites for hydroxylation is 1. The molecule has 0 aliphatic rings. The second-order valence-corrected chi connectivity index (χ2v) is 5.63. The molecule has 2 heterocycles. The third-order valence-corrected chi connectivity index (χ3v) is 3.82. The summed E-state index contributed by atoms with van der Waals surface area (Å²) in [5, 5.41) is 11.7. The van der Waals surface area contributed by atoms with Crippen LogP contribution in [0.25, 0.3) is 5.65 Å². The van der Waals surface area contributed by atoms with Gasteiger partial charge in [0.15, 0.2) is 11.4 Å². The lowest BCUT2D eigenvalue weighted by molar-refractivity contribution is -0.139. The monoisotopic (exact) mass is 362 g/mol. The number of ether oxygens (including phenoxy) is 1. The van der Waals surface area contributed by atoms with E-state index in [0.29, 0.717) is 30.1 Å². The van der Waals surface area contributed by atoms with Crippen molar-refractivity contribution in [1.82, 2.24) is 14.7 Å². The molecule has 0 aliphatic carbocycles. The van der Waals surface area contributed by atoms with Gasteiger partial charge in [0.1, 0.15) is 11.7 Å². The van der Waals surface area contributed by atoms with E-state index in [1.165, 1.54) is 0 Å². The van der Waals surface area contributed by atoms with Gasteiger partial charge in [-0.25, -0.2) is 9.78 Å². The Balaban J connectivity index is 2.38. The summed E-state index contributed by atoms with van der Waals surface area (Å²) in [6.45, 7) is 4.14. The zero-order valence-electron chi connectivity index (χ0n) is 14.7. The van der Waals surface area contributed by atoms with Crippen molar-refractivity contribution < 1.29 is 24.2 Å².